The zero-order valence-electron chi connectivity index (χ0n) is 11.5. The van der Waals surface area contributed by atoms with E-state index < -0.39 is 11.2 Å². The summed E-state index contributed by atoms with van der Waals surface area (Å²) in [5.41, 5.74) is 2.96. The molecule has 1 atom stereocenters. The van der Waals surface area contributed by atoms with Gasteiger partial charge in [0.05, 0.1) is 21.1 Å². The predicted octanol–water partition coefficient (Wildman–Crippen LogP) is 5.24. The molecule has 2 N–H and O–H groups in total. The molecule has 7 heteroatoms. The topological polar surface area (TPSA) is 44.9 Å². The highest BCUT2D eigenvalue weighted by molar-refractivity contribution is 8.00. The summed E-state index contributed by atoms with van der Waals surface area (Å²) in [5.74, 6) is 0. The van der Waals surface area contributed by atoms with Crippen molar-refractivity contribution >= 4 is 51.3 Å². The fourth-order valence-corrected chi connectivity index (χ4v) is 3.50. The van der Waals surface area contributed by atoms with Gasteiger partial charge < -0.3 is 9.71 Å². The van der Waals surface area contributed by atoms with E-state index in [1.165, 1.54) is 24.1 Å². The Bertz CT molecular complexity index is 849. The molecule has 0 amide bonds. The molecule has 1 unspecified atom stereocenters. The van der Waals surface area contributed by atoms with Gasteiger partial charge >= 0.3 is 0 Å². The van der Waals surface area contributed by atoms with E-state index in [1.807, 2.05) is 19.1 Å². The molecular weight excluding hydrogens is 343 g/mol. The van der Waals surface area contributed by atoms with E-state index in [0.717, 1.165) is 27.0 Å². The van der Waals surface area contributed by atoms with Gasteiger partial charge in [0.25, 0.3) is 0 Å². The Kier molecular flexibility index (Phi) is 4.42. The summed E-state index contributed by atoms with van der Waals surface area (Å²) in [4.78, 5) is 4.21. The molecule has 0 bridgehead atoms. The third-order valence-electron chi connectivity index (χ3n) is 3.28. The fourth-order valence-electron chi connectivity index (χ4n) is 2.19. The number of aromatic amines is 1. The van der Waals surface area contributed by atoms with Crippen molar-refractivity contribution in [1.82, 2.24) is 4.98 Å². The lowest BCUT2D eigenvalue weighted by Gasteiger charge is -2.08. The van der Waals surface area contributed by atoms with Crippen LogP contribution in [0.1, 0.15) is 5.56 Å². The fraction of sp³-hybridized carbons (Fsp3) is 0.0667. The summed E-state index contributed by atoms with van der Waals surface area (Å²) >= 11 is 5.13. The quantitative estimate of drug-likeness (QED) is 0.497. The zero-order chi connectivity index (χ0) is 15.7. The molecule has 0 saturated heterocycles. The van der Waals surface area contributed by atoms with Crippen LogP contribution in [0.5, 0.6) is 0 Å². The van der Waals surface area contributed by atoms with Gasteiger partial charge in [0.2, 0.25) is 11.2 Å². The Morgan fingerprint density at radius 1 is 1.23 bits per heavy atom. The highest BCUT2D eigenvalue weighted by Crippen LogP contribution is 2.33. The normalized spacial score (nSPS) is 12.5. The first-order chi connectivity index (χ1) is 10.6. The number of rotatable bonds is 4. The predicted molar refractivity (Wildman–Crippen MR) is 91.5 cm³/mol. The molecule has 1 heterocycles. The van der Waals surface area contributed by atoms with Crippen molar-refractivity contribution in [2.45, 2.75) is 16.7 Å². The number of nitrogens with one attached hydrogen (secondary N) is 2. The lowest BCUT2D eigenvalue weighted by molar-refractivity contribution is 0.649. The number of anilines is 1. The Morgan fingerprint density at radius 3 is 2.64 bits per heavy atom. The van der Waals surface area contributed by atoms with E-state index in [4.69, 9.17) is 11.6 Å². The molecule has 0 aliphatic heterocycles. The second kappa shape index (κ2) is 6.32. The average molecular weight is 355 g/mol. The molecule has 0 aliphatic rings. The number of halogens is 2. The number of hydrogen-bond acceptors (Lipinski definition) is 3. The van der Waals surface area contributed by atoms with E-state index in [1.54, 1.807) is 18.3 Å². The van der Waals surface area contributed by atoms with Crippen LogP contribution >= 0.6 is 23.5 Å². The number of aryl methyl sites for hydroxylation is 1. The second-order valence-electron chi connectivity index (χ2n) is 4.72. The van der Waals surface area contributed by atoms with Gasteiger partial charge in [-0.2, -0.15) is 0 Å². The third kappa shape index (κ3) is 2.99. The zero-order valence-corrected chi connectivity index (χ0v) is 13.9. The smallest absolute Gasteiger partial charge is 0.231 e. The van der Waals surface area contributed by atoms with E-state index in [9.17, 15) is 8.09 Å². The minimum atomic E-state index is -2.44. The molecular formula is C15H12ClFN2OS2. The largest absolute Gasteiger partial charge is 0.358 e. The molecule has 0 aliphatic carbocycles. The Labute approximate surface area is 139 Å². The van der Waals surface area contributed by atoms with Gasteiger partial charge in [0.1, 0.15) is 0 Å². The van der Waals surface area contributed by atoms with Crippen LogP contribution < -0.4 is 4.72 Å². The number of hydrogen-bond donors (Lipinski definition) is 2. The number of benzene rings is 2. The second-order valence-corrected chi connectivity index (χ2v) is 6.92. The van der Waals surface area contributed by atoms with Crippen LogP contribution in [0.3, 0.4) is 0 Å². The first-order valence-electron chi connectivity index (χ1n) is 6.43. The maximum absolute atomic E-state index is 12.7. The Morgan fingerprint density at radius 2 is 1.95 bits per heavy atom. The van der Waals surface area contributed by atoms with E-state index >= 15 is 0 Å². The van der Waals surface area contributed by atoms with Crippen molar-refractivity contribution < 1.29 is 8.09 Å². The van der Waals surface area contributed by atoms with E-state index in [2.05, 4.69) is 9.71 Å². The van der Waals surface area contributed by atoms with Crippen molar-refractivity contribution in [3.8, 4) is 0 Å². The standard InChI is InChI=1S/C15H12ClFN2OS2/c1-9-2-7-13(15-14(9)12(16)8-18-15)19-21-10-3-5-11(6-4-10)22(17)20/h2-8,18-19H,1H3. The van der Waals surface area contributed by atoms with E-state index in [-0.39, 0.29) is 4.90 Å². The Hall–Kier alpha value is -1.50. The van der Waals surface area contributed by atoms with E-state index in [0.29, 0.717) is 5.02 Å². The molecule has 3 nitrogen and oxygen atoms in total. The van der Waals surface area contributed by atoms with Gasteiger partial charge in [-0.15, -0.1) is 3.89 Å². The van der Waals surface area contributed by atoms with Crippen molar-refractivity contribution in [3.05, 3.63) is 53.2 Å². The summed E-state index contributed by atoms with van der Waals surface area (Å²) < 4.78 is 26.6. The minimum absolute atomic E-state index is 0.165. The SMILES string of the molecule is Cc1ccc(NSc2ccc(S(=O)F)cc2)c2[nH]cc(Cl)c12. The molecule has 1 aromatic heterocycles. The molecule has 0 fully saturated rings. The average Bonchev–Trinajstić information content (AvgIpc) is 2.90. The van der Waals surface area contributed by atoms with Crippen LogP contribution in [0.4, 0.5) is 9.57 Å². The van der Waals surface area contributed by atoms with Crippen LogP contribution in [-0.2, 0) is 11.2 Å². The summed E-state index contributed by atoms with van der Waals surface area (Å²) in [6.45, 7) is 2.01. The van der Waals surface area contributed by atoms with Crippen LogP contribution in [0.2, 0.25) is 5.02 Å². The van der Waals surface area contributed by atoms with Crippen molar-refractivity contribution in [2.75, 3.05) is 4.72 Å². The molecule has 0 radical (unpaired) electrons. The van der Waals surface area contributed by atoms with Crippen LogP contribution in [0.25, 0.3) is 10.9 Å². The molecule has 22 heavy (non-hydrogen) atoms. The number of fused-ring (bicyclic) bond motifs is 1. The summed E-state index contributed by atoms with van der Waals surface area (Å²) in [7, 11) is 0. The summed E-state index contributed by atoms with van der Waals surface area (Å²) in [5, 5.41) is 1.69. The van der Waals surface area contributed by atoms with Crippen LogP contribution in [-0.4, -0.2) is 9.19 Å². The summed E-state index contributed by atoms with van der Waals surface area (Å²) in [6.07, 6.45) is 1.76. The van der Waals surface area contributed by atoms with Crippen molar-refractivity contribution in [3.63, 3.8) is 0 Å². The lowest BCUT2D eigenvalue weighted by Crippen LogP contribution is -1.90. The highest BCUT2D eigenvalue weighted by Gasteiger charge is 2.09. The number of aromatic nitrogens is 1. The summed E-state index contributed by atoms with van der Waals surface area (Å²) in [6, 6.07) is 10.4. The van der Waals surface area contributed by atoms with Crippen molar-refractivity contribution in [1.29, 1.82) is 0 Å². The monoisotopic (exact) mass is 354 g/mol. The van der Waals surface area contributed by atoms with Gasteiger partial charge in [-0.3, -0.25) is 0 Å². The molecule has 3 aromatic rings. The first kappa shape index (κ1) is 15.4. The highest BCUT2D eigenvalue weighted by atomic mass is 35.5. The van der Waals surface area contributed by atoms with Gasteiger partial charge in [-0.05, 0) is 54.8 Å². The van der Waals surface area contributed by atoms with Gasteiger partial charge in [-0.1, -0.05) is 17.7 Å². The molecule has 0 saturated carbocycles. The van der Waals surface area contributed by atoms with Crippen LogP contribution in [0.15, 0.2) is 52.4 Å². The van der Waals surface area contributed by atoms with Gasteiger partial charge in [-0.25, -0.2) is 4.21 Å². The first-order valence-corrected chi connectivity index (χ1v) is 8.68. The maximum Gasteiger partial charge on any atom is 0.231 e. The number of H-pyrrole nitrogens is 1. The third-order valence-corrected chi connectivity index (χ3v) is 5.05. The Balaban J connectivity index is 1.82. The maximum atomic E-state index is 12.7. The molecule has 3 rings (SSSR count). The van der Waals surface area contributed by atoms with Crippen LogP contribution in [0, 0.1) is 6.92 Å². The lowest BCUT2D eigenvalue weighted by atomic mass is 10.1. The molecule has 0 spiro atoms. The van der Waals surface area contributed by atoms with Gasteiger partial charge in [0, 0.05) is 16.5 Å². The molecule has 114 valence electrons. The minimum Gasteiger partial charge on any atom is -0.358 e. The van der Waals surface area contributed by atoms with Crippen molar-refractivity contribution in [2.24, 2.45) is 0 Å². The van der Waals surface area contributed by atoms with Gasteiger partial charge in [0.15, 0.2) is 0 Å². The molecule has 2 aromatic carbocycles.